The van der Waals surface area contributed by atoms with Crippen LogP contribution in [0.3, 0.4) is 0 Å². The second kappa shape index (κ2) is 7.77. The van der Waals surface area contributed by atoms with E-state index in [1.54, 1.807) is 7.11 Å². The minimum Gasteiger partial charge on any atom is -0.497 e. The number of hydrogen-bond donors (Lipinski definition) is 0. The lowest BCUT2D eigenvalue weighted by Crippen LogP contribution is -2.33. The predicted octanol–water partition coefficient (Wildman–Crippen LogP) is 5.54. The van der Waals surface area contributed by atoms with E-state index in [1.165, 1.54) is 5.56 Å². The summed E-state index contributed by atoms with van der Waals surface area (Å²) in [4.78, 5) is 4.72. The summed E-state index contributed by atoms with van der Waals surface area (Å²) >= 11 is 0. The predicted molar refractivity (Wildman–Crippen MR) is 108 cm³/mol. The number of nitrogens with zero attached hydrogens (tertiary/aromatic N) is 1. The van der Waals surface area contributed by atoms with Gasteiger partial charge in [0, 0.05) is 11.3 Å². The lowest BCUT2D eigenvalue weighted by Gasteiger charge is -2.34. The monoisotopic (exact) mass is 349 g/mol. The summed E-state index contributed by atoms with van der Waals surface area (Å²) in [6, 6.07) is 18.5. The second-order valence-electron chi connectivity index (χ2n) is 7.64. The number of aliphatic imine (C=N–C) groups is 1. The quantitative estimate of drug-likeness (QED) is 0.725. The Hall–Kier alpha value is -2.55. The fourth-order valence-electron chi connectivity index (χ4n) is 3.01. The van der Waals surface area contributed by atoms with Crippen LogP contribution in [0.1, 0.15) is 38.0 Å². The first kappa shape index (κ1) is 18.2. The Labute approximate surface area is 156 Å². The summed E-state index contributed by atoms with van der Waals surface area (Å²) in [5.74, 6) is 1.86. The van der Waals surface area contributed by atoms with Crippen molar-refractivity contribution in [1.29, 1.82) is 0 Å². The number of hydrogen-bond acceptors (Lipinski definition) is 3. The van der Waals surface area contributed by atoms with Crippen LogP contribution in [0.5, 0.6) is 5.75 Å². The largest absolute Gasteiger partial charge is 0.497 e. The van der Waals surface area contributed by atoms with Crippen molar-refractivity contribution in [2.75, 3.05) is 13.7 Å². The SMILES string of the molecule is COc1ccc(C2OC(C(C)(C)C)=NCC2/C=C/c2ccccc2)cc1. The number of ether oxygens (including phenoxy) is 2. The average Bonchev–Trinajstić information content (AvgIpc) is 2.66. The molecule has 3 nitrogen and oxygen atoms in total. The Kier molecular flexibility index (Phi) is 5.46. The highest BCUT2D eigenvalue weighted by atomic mass is 16.5. The third kappa shape index (κ3) is 4.34. The van der Waals surface area contributed by atoms with Crippen molar-refractivity contribution in [3.05, 3.63) is 71.8 Å². The molecule has 0 fully saturated rings. The van der Waals surface area contributed by atoms with Gasteiger partial charge in [-0.1, -0.05) is 75.4 Å². The molecule has 2 atom stereocenters. The molecule has 0 spiro atoms. The van der Waals surface area contributed by atoms with Crippen molar-refractivity contribution in [2.24, 2.45) is 16.3 Å². The summed E-state index contributed by atoms with van der Waals surface area (Å²) in [5, 5.41) is 0. The molecule has 0 aromatic heterocycles. The van der Waals surface area contributed by atoms with E-state index < -0.39 is 0 Å². The summed E-state index contributed by atoms with van der Waals surface area (Å²) in [6.07, 6.45) is 4.32. The van der Waals surface area contributed by atoms with E-state index in [4.69, 9.17) is 14.5 Å². The van der Waals surface area contributed by atoms with Crippen LogP contribution in [0, 0.1) is 11.3 Å². The van der Waals surface area contributed by atoms with Gasteiger partial charge < -0.3 is 9.47 Å². The number of rotatable bonds is 4. The van der Waals surface area contributed by atoms with Crippen molar-refractivity contribution < 1.29 is 9.47 Å². The molecule has 0 N–H and O–H groups in total. The van der Waals surface area contributed by atoms with Crippen LogP contribution in [0.15, 0.2) is 65.7 Å². The van der Waals surface area contributed by atoms with Gasteiger partial charge in [0.05, 0.1) is 13.7 Å². The van der Waals surface area contributed by atoms with Crippen molar-refractivity contribution in [3.8, 4) is 5.75 Å². The molecule has 0 saturated heterocycles. The molecule has 0 bridgehead atoms. The zero-order valence-electron chi connectivity index (χ0n) is 16.0. The normalized spacial score (nSPS) is 20.5. The van der Waals surface area contributed by atoms with Crippen LogP contribution in [0.4, 0.5) is 0 Å². The van der Waals surface area contributed by atoms with E-state index in [2.05, 4.69) is 57.2 Å². The first-order valence-electron chi connectivity index (χ1n) is 9.06. The zero-order valence-corrected chi connectivity index (χ0v) is 16.0. The van der Waals surface area contributed by atoms with E-state index in [0.29, 0.717) is 0 Å². The highest BCUT2D eigenvalue weighted by Gasteiger charge is 2.33. The van der Waals surface area contributed by atoms with Gasteiger partial charge in [-0.15, -0.1) is 0 Å². The summed E-state index contributed by atoms with van der Waals surface area (Å²) in [5.41, 5.74) is 2.23. The van der Waals surface area contributed by atoms with Crippen molar-refractivity contribution in [2.45, 2.75) is 26.9 Å². The standard InChI is InChI=1S/C23H27NO2/c1-23(2,3)22-24-16-19(11-10-17-8-6-5-7-9-17)21(26-22)18-12-14-20(25-4)15-13-18/h5-15,19,21H,16H2,1-4H3/b11-10+. The Morgan fingerprint density at radius 2 is 1.73 bits per heavy atom. The maximum atomic E-state index is 6.37. The van der Waals surface area contributed by atoms with Crippen molar-refractivity contribution in [3.63, 3.8) is 0 Å². The van der Waals surface area contributed by atoms with E-state index in [0.717, 1.165) is 23.8 Å². The molecule has 26 heavy (non-hydrogen) atoms. The van der Waals surface area contributed by atoms with Gasteiger partial charge in [0.1, 0.15) is 11.9 Å². The zero-order chi connectivity index (χ0) is 18.6. The van der Waals surface area contributed by atoms with E-state index in [1.807, 2.05) is 30.3 Å². The highest BCUT2D eigenvalue weighted by Crippen LogP contribution is 2.35. The third-order valence-electron chi connectivity index (χ3n) is 4.49. The van der Waals surface area contributed by atoms with E-state index >= 15 is 0 Å². The van der Waals surface area contributed by atoms with Gasteiger partial charge in [0.15, 0.2) is 5.90 Å². The Balaban J connectivity index is 1.89. The maximum Gasteiger partial charge on any atom is 0.189 e. The summed E-state index contributed by atoms with van der Waals surface area (Å²) in [7, 11) is 1.68. The first-order chi connectivity index (χ1) is 12.5. The second-order valence-corrected chi connectivity index (χ2v) is 7.64. The van der Waals surface area contributed by atoms with Gasteiger partial charge in [-0.25, -0.2) is 0 Å². The third-order valence-corrected chi connectivity index (χ3v) is 4.49. The van der Waals surface area contributed by atoms with Crippen molar-refractivity contribution in [1.82, 2.24) is 0 Å². The molecule has 3 heteroatoms. The first-order valence-corrected chi connectivity index (χ1v) is 9.06. The van der Waals surface area contributed by atoms with Gasteiger partial charge in [-0.2, -0.15) is 0 Å². The molecule has 2 aromatic rings. The summed E-state index contributed by atoms with van der Waals surface area (Å²) < 4.78 is 11.7. The van der Waals surface area contributed by atoms with Crippen LogP contribution in [-0.4, -0.2) is 19.6 Å². The van der Waals surface area contributed by atoms with Gasteiger partial charge in [0.25, 0.3) is 0 Å². The number of methoxy groups -OCH3 is 1. The molecule has 1 heterocycles. The molecule has 1 aliphatic heterocycles. The molecular weight excluding hydrogens is 322 g/mol. The van der Waals surface area contributed by atoms with Gasteiger partial charge in [0.2, 0.25) is 0 Å². The molecule has 136 valence electrons. The molecule has 2 aromatic carbocycles. The fraction of sp³-hybridized carbons (Fsp3) is 0.348. The topological polar surface area (TPSA) is 30.8 Å². The minimum absolute atomic E-state index is 0.0485. The molecular formula is C23H27NO2. The van der Waals surface area contributed by atoms with E-state index in [-0.39, 0.29) is 17.4 Å². The maximum absolute atomic E-state index is 6.37. The summed E-state index contributed by atoms with van der Waals surface area (Å²) in [6.45, 7) is 7.14. The molecule has 0 amide bonds. The average molecular weight is 349 g/mol. The fourth-order valence-corrected chi connectivity index (χ4v) is 3.01. The van der Waals surface area contributed by atoms with Crippen LogP contribution in [0.25, 0.3) is 6.08 Å². The molecule has 2 unspecified atom stereocenters. The Bertz CT molecular complexity index is 770. The molecule has 0 aliphatic carbocycles. The van der Waals surface area contributed by atoms with Crippen LogP contribution >= 0.6 is 0 Å². The van der Waals surface area contributed by atoms with Gasteiger partial charge >= 0.3 is 0 Å². The molecule has 0 saturated carbocycles. The van der Waals surface area contributed by atoms with Crippen LogP contribution < -0.4 is 4.74 Å². The Morgan fingerprint density at radius 1 is 1.04 bits per heavy atom. The van der Waals surface area contributed by atoms with Gasteiger partial charge in [-0.05, 0) is 23.3 Å². The van der Waals surface area contributed by atoms with E-state index in [9.17, 15) is 0 Å². The minimum atomic E-state index is -0.0984. The number of benzene rings is 2. The van der Waals surface area contributed by atoms with Crippen molar-refractivity contribution >= 4 is 12.0 Å². The molecule has 3 rings (SSSR count). The Morgan fingerprint density at radius 3 is 2.35 bits per heavy atom. The lowest BCUT2D eigenvalue weighted by molar-refractivity contribution is 0.112. The highest BCUT2D eigenvalue weighted by molar-refractivity contribution is 5.82. The molecule has 1 aliphatic rings. The van der Waals surface area contributed by atoms with Gasteiger partial charge in [-0.3, -0.25) is 4.99 Å². The lowest BCUT2D eigenvalue weighted by atomic mass is 9.90. The van der Waals surface area contributed by atoms with Crippen LogP contribution in [-0.2, 0) is 4.74 Å². The molecule has 0 radical (unpaired) electrons. The van der Waals surface area contributed by atoms with Crippen LogP contribution in [0.2, 0.25) is 0 Å². The smallest absolute Gasteiger partial charge is 0.189 e.